The van der Waals surface area contributed by atoms with E-state index in [-0.39, 0.29) is 11.6 Å². The lowest BCUT2D eigenvalue weighted by Gasteiger charge is -2.33. The molecule has 8 heteroatoms. The smallest absolute Gasteiger partial charge is 0.235 e. The van der Waals surface area contributed by atoms with Crippen LogP contribution in [0.1, 0.15) is 24.1 Å². The molecule has 1 aliphatic rings. The molecule has 28 heavy (non-hydrogen) atoms. The summed E-state index contributed by atoms with van der Waals surface area (Å²) in [5.41, 5.74) is 1.12. The van der Waals surface area contributed by atoms with Gasteiger partial charge in [0.05, 0.1) is 14.2 Å². The van der Waals surface area contributed by atoms with Gasteiger partial charge < -0.3 is 23.7 Å². The number of benzene rings is 1. The zero-order valence-electron chi connectivity index (χ0n) is 16.1. The fourth-order valence-corrected chi connectivity index (χ4v) is 3.04. The molecule has 1 amide bonds. The van der Waals surface area contributed by atoms with Crippen molar-refractivity contribution in [2.75, 3.05) is 45.3 Å². The zero-order valence-corrected chi connectivity index (χ0v) is 16.1. The minimum atomic E-state index is 0.0521. The van der Waals surface area contributed by atoms with E-state index in [1.165, 1.54) is 0 Å². The summed E-state index contributed by atoms with van der Waals surface area (Å²) in [6, 6.07) is 7.62. The van der Waals surface area contributed by atoms with Gasteiger partial charge in [0.2, 0.25) is 23.4 Å². The first-order valence-electron chi connectivity index (χ1n) is 8.87. The second-order valence-corrected chi connectivity index (χ2v) is 6.26. The summed E-state index contributed by atoms with van der Waals surface area (Å²) in [5.74, 6) is 2.11. The number of piperazine rings is 1. The van der Waals surface area contributed by atoms with E-state index in [1.807, 2.05) is 29.2 Å². The van der Waals surface area contributed by atoms with Crippen molar-refractivity contribution in [3.8, 4) is 17.6 Å². The third-order valence-corrected chi connectivity index (χ3v) is 4.57. The van der Waals surface area contributed by atoms with E-state index >= 15 is 0 Å². The van der Waals surface area contributed by atoms with Crippen LogP contribution in [0.5, 0.6) is 11.5 Å². The lowest BCUT2D eigenvalue weighted by Crippen LogP contribution is -2.48. The van der Waals surface area contributed by atoms with Crippen molar-refractivity contribution >= 4 is 23.9 Å². The van der Waals surface area contributed by atoms with Crippen LogP contribution in [-0.4, -0.2) is 56.2 Å². The lowest BCUT2D eigenvalue weighted by atomic mass is 10.2. The van der Waals surface area contributed by atoms with Crippen molar-refractivity contribution in [1.29, 1.82) is 5.26 Å². The molecule has 0 spiro atoms. The van der Waals surface area contributed by atoms with Crippen molar-refractivity contribution in [3.05, 3.63) is 35.3 Å². The first-order chi connectivity index (χ1) is 13.5. The molecule has 146 valence electrons. The lowest BCUT2D eigenvalue weighted by molar-refractivity contribution is -0.129. The van der Waals surface area contributed by atoms with E-state index in [0.717, 1.165) is 5.56 Å². The van der Waals surface area contributed by atoms with Gasteiger partial charge in [0.25, 0.3) is 0 Å². The van der Waals surface area contributed by atoms with Gasteiger partial charge in [-0.15, -0.1) is 0 Å². The molecule has 8 nitrogen and oxygen atoms in total. The van der Waals surface area contributed by atoms with Crippen molar-refractivity contribution in [2.24, 2.45) is 0 Å². The largest absolute Gasteiger partial charge is 0.493 e. The number of oxazole rings is 1. The van der Waals surface area contributed by atoms with E-state index < -0.39 is 0 Å². The molecule has 0 bridgehead atoms. The highest BCUT2D eigenvalue weighted by Crippen LogP contribution is 2.29. The Morgan fingerprint density at radius 1 is 1.18 bits per heavy atom. The third-order valence-electron chi connectivity index (χ3n) is 4.57. The highest BCUT2D eigenvalue weighted by Gasteiger charge is 2.24. The molecule has 1 aromatic carbocycles. The van der Waals surface area contributed by atoms with Crippen LogP contribution in [0.25, 0.3) is 12.2 Å². The van der Waals surface area contributed by atoms with Gasteiger partial charge in [-0.05, 0) is 23.8 Å². The van der Waals surface area contributed by atoms with Crippen LogP contribution in [0, 0.1) is 11.3 Å². The minimum Gasteiger partial charge on any atom is -0.493 e. The summed E-state index contributed by atoms with van der Waals surface area (Å²) in [6.07, 6.45) is 3.53. The number of aromatic nitrogens is 1. The van der Waals surface area contributed by atoms with Crippen molar-refractivity contribution in [3.63, 3.8) is 0 Å². The third kappa shape index (κ3) is 4.09. The monoisotopic (exact) mass is 382 g/mol. The molecule has 2 heterocycles. The molecule has 0 aliphatic carbocycles. The number of methoxy groups -OCH3 is 2. The molecular weight excluding hydrogens is 360 g/mol. The van der Waals surface area contributed by atoms with Crippen molar-refractivity contribution < 1.29 is 18.7 Å². The molecule has 1 aliphatic heterocycles. The summed E-state index contributed by atoms with van der Waals surface area (Å²) in [7, 11) is 3.16. The van der Waals surface area contributed by atoms with Gasteiger partial charge >= 0.3 is 0 Å². The summed E-state index contributed by atoms with van der Waals surface area (Å²) in [4.78, 5) is 19.4. The Kier molecular flexibility index (Phi) is 5.84. The molecule has 0 unspecified atom stereocenters. The number of carbonyl (C=O) groups is 1. The van der Waals surface area contributed by atoms with Gasteiger partial charge in [-0.1, -0.05) is 6.07 Å². The van der Waals surface area contributed by atoms with Crippen molar-refractivity contribution in [2.45, 2.75) is 6.92 Å². The molecule has 0 atom stereocenters. The van der Waals surface area contributed by atoms with Crippen LogP contribution in [-0.2, 0) is 4.79 Å². The first kappa shape index (κ1) is 19.3. The van der Waals surface area contributed by atoms with E-state index in [0.29, 0.717) is 49.5 Å². The fraction of sp³-hybridized carbons (Fsp3) is 0.350. The Morgan fingerprint density at radius 2 is 1.89 bits per heavy atom. The van der Waals surface area contributed by atoms with E-state index in [4.69, 9.17) is 13.9 Å². The normalized spacial score (nSPS) is 14.2. The number of hydrogen-bond acceptors (Lipinski definition) is 7. The second kappa shape index (κ2) is 8.48. The molecule has 0 radical (unpaired) electrons. The van der Waals surface area contributed by atoms with Gasteiger partial charge in [0.1, 0.15) is 6.07 Å². The number of amides is 1. The molecule has 1 saturated heterocycles. The predicted molar refractivity (Wildman–Crippen MR) is 104 cm³/mol. The molecule has 0 N–H and O–H groups in total. The fourth-order valence-electron chi connectivity index (χ4n) is 3.04. The summed E-state index contributed by atoms with van der Waals surface area (Å²) >= 11 is 0. The molecule has 2 aromatic rings. The highest BCUT2D eigenvalue weighted by atomic mass is 16.5. The van der Waals surface area contributed by atoms with E-state index in [2.05, 4.69) is 11.1 Å². The number of rotatable bonds is 5. The Labute approximate surface area is 163 Å². The maximum atomic E-state index is 11.5. The van der Waals surface area contributed by atoms with Crippen LogP contribution in [0.2, 0.25) is 0 Å². The average Bonchev–Trinajstić information content (AvgIpc) is 3.15. The van der Waals surface area contributed by atoms with Crippen LogP contribution in [0.3, 0.4) is 0 Å². The number of hydrogen-bond donors (Lipinski definition) is 0. The van der Waals surface area contributed by atoms with Crippen LogP contribution < -0.4 is 14.4 Å². The zero-order chi connectivity index (χ0) is 20.1. The molecule has 1 aromatic heterocycles. The number of anilines is 1. The van der Waals surface area contributed by atoms with Gasteiger partial charge in [0, 0.05) is 39.2 Å². The number of nitrogens with zero attached hydrogens (tertiary/aromatic N) is 4. The summed E-state index contributed by atoms with van der Waals surface area (Å²) in [6.45, 7) is 3.95. The SMILES string of the molecule is COc1ccc(C=Cc2nc(C#N)c(N3CCN(C(C)=O)CC3)o2)cc1OC. The molecule has 1 fully saturated rings. The van der Waals surface area contributed by atoms with Gasteiger partial charge in [-0.25, -0.2) is 0 Å². The highest BCUT2D eigenvalue weighted by molar-refractivity contribution is 5.73. The van der Waals surface area contributed by atoms with Crippen molar-refractivity contribution in [1.82, 2.24) is 9.88 Å². The number of ether oxygens (including phenoxy) is 2. The maximum Gasteiger partial charge on any atom is 0.235 e. The Morgan fingerprint density at radius 3 is 2.50 bits per heavy atom. The Bertz CT molecular complexity index is 921. The van der Waals surface area contributed by atoms with Crippen LogP contribution >= 0.6 is 0 Å². The molecular formula is C20H22N4O4. The summed E-state index contributed by atoms with van der Waals surface area (Å²) < 4.78 is 16.3. The summed E-state index contributed by atoms with van der Waals surface area (Å²) in [5, 5.41) is 9.40. The molecule has 0 saturated carbocycles. The van der Waals surface area contributed by atoms with E-state index in [9.17, 15) is 10.1 Å². The second-order valence-electron chi connectivity index (χ2n) is 6.26. The van der Waals surface area contributed by atoms with Gasteiger partial charge in [0.15, 0.2) is 11.5 Å². The number of nitriles is 1. The van der Waals surface area contributed by atoms with Crippen LogP contribution in [0.4, 0.5) is 5.88 Å². The van der Waals surface area contributed by atoms with Crippen LogP contribution in [0.15, 0.2) is 22.6 Å². The quantitative estimate of drug-likeness (QED) is 0.784. The predicted octanol–water partition coefficient (Wildman–Crippen LogP) is 2.40. The van der Waals surface area contributed by atoms with E-state index in [1.54, 1.807) is 32.1 Å². The molecule has 3 rings (SSSR count). The number of carbonyl (C=O) groups excluding carboxylic acids is 1. The van der Waals surface area contributed by atoms with Gasteiger partial charge in [-0.2, -0.15) is 10.2 Å². The topological polar surface area (TPSA) is 91.8 Å². The standard InChI is InChI=1S/C20H22N4O4/c1-14(25)23-8-10-24(11-9-23)20-16(13-21)22-19(28-20)7-5-15-4-6-17(26-2)18(12-15)27-3/h4-7,12H,8-11H2,1-3H3. The first-order valence-corrected chi connectivity index (χ1v) is 8.87. The average molecular weight is 382 g/mol. The Hall–Kier alpha value is -3.47. The van der Waals surface area contributed by atoms with Gasteiger partial charge in [-0.3, -0.25) is 4.79 Å². The maximum absolute atomic E-state index is 11.5. The Balaban J connectivity index is 1.77. The minimum absolute atomic E-state index is 0.0521.